The fourth-order valence-electron chi connectivity index (χ4n) is 7.71. The molecule has 6 rings (SSSR count). The third-order valence-corrected chi connectivity index (χ3v) is 10.4. The maximum atomic E-state index is 12.1. The number of aromatic nitrogens is 4. The van der Waals surface area contributed by atoms with Gasteiger partial charge in [0.15, 0.2) is 5.82 Å². The van der Waals surface area contributed by atoms with Crippen molar-refractivity contribution < 1.29 is 9.90 Å². The first-order valence-electron chi connectivity index (χ1n) is 15.1. The summed E-state index contributed by atoms with van der Waals surface area (Å²) < 4.78 is 2.23. The number of aliphatic hydroxyl groups is 1. The molecule has 1 saturated carbocycles. The fraction of sp³-hybridized carbons (Fsp3) is 0.594. The van der Waals surface area contributed by atoms with E-state index in [1.54, 1.807) is 0 Å². The molecule has 1 spiro atoms. The van der Waals surface area contributed by atoms with Crippen molar-refractivity contribution >= 4 is 34.2 Å². The second-order valence-corrected chi connectivity index (χ2v) is 14.3. The van der Waals surface area contributed by atoms with Crippen LogP contribution in [0.15, 0.2) is 24.9 Å². The van der Waals surface area contributed by atoms with Gasteiger partial charge in [-0.25, -0.2) is 0 Å². The molecule has 3 aromatic rings. The zero-order valence-corrected chi connectivity index (χ0v) is 26.6. The summed E-state index contributed by atoms with van der Waals surface area (Å²) in [7, 11) is 0. The molecule has 0 bridgehead atoms. The largest absolute Gasteiger partial charge is 0.389 e. The van der Waals surface area contributed by atoms with Gasteiger partial charge in [-0.05, 0) is 71.6 Å². The number of rotatable bonds is 7. The average molecular weight is 594 g/mol. The molecule has 226 valence electrons. The van der Waals surface area contributed by atoms with Gasteiger partial charge in [-0.3, -0.25) is 19.5 Å². The number of nitrogens with zero attached hydrogens (tertiary/aromatic N) is 6. The first-order valence-corrected chi connectivity index (χ1v) is 15.5. The van der Waals surface area contributed by atoms with E-state index in [0.29, 0.717) is 6.54 Å². The summed E-state index contributed by atoms with van der Waals surface area (Å²) in [5.74, 6) is 0.984. The van der Waals surface area contributed by atoms with Crippen LogP contribution in [0.25, 0.3) is 22.0 Å². The molecule has 2 aliphatic heterocycles. The zero-order chi connectivity index (χ0) is 30.2. The van der Waals surface area contributed by atoms with Gasteiger partial charge in [0.2, 0.25) is 5.91 Å². The van der Waals surface area contributed by atoms with Gasteiger partial charge in [-0.2, -0.15) is 10.2 Å². The predicted molar refractivity (Wildman–Crippen MR) is 168 cm³/mol. The van der Waals surface area contributed by atoms with Gasteiger partial charge < -0.3 is 14.9 Å². The van der Waals surface area contributed by atoms with E-state index in [-0.39, 0.29) is 22.9 Å². The number of halogens is 1. The quantitative estimate of drug-likeness (QED) is 0.370. The van der Waals surface area contributed by atoms with Crippen LogP contribution in [0.1, 0.15) is 64.3 Å². The Bertz CT molecular complexity index is 1540. The monoisotopic (exact) mass is 593 g/mol. The number of benzene rings is 1. The number of piperazine rings is 1. The number of carbonyl (C=O) groups excluding carboxylic acids is 1. The Kier molecular flexibility index (Phi) is 7.02. The van der Waals surface area contributed by atoms with Gasteiger partial charge >= 0.3 is 0 Å². The normalized spacial score (nSPS) is 23.0. The van der Waals surface area contributed by atoms with E-state index in [4.69, 9.17) is 16.7 Å². The van der Waals surface area contributed by atoms with E-state index >= 15 is 0 Å². The third kappa shape index (κ3) is 4.74. The molecule has 2 saturated heterocycles. The van der Waals surface area contributed by atoms with Crippen LogP contribution < -0.4 is 4.90 Å². The maximum Gasteiger partial charge on any atom is 0.245 e. The van der Waals surface area contributed by atoms with Crippen molar-refractivity contribution in [3.05, 3.63) is 41.2 Å². The number of aryl methyl sites for hydroxylation is 1. The topological polar surface area (TPSA) is 93.5 Å². The van der Waals surface area contributed by atoms with Crippen LogP contribution in [0.2, 0.25) is 5.02 Å². The number of carbonyl (C=O) groups is 1. The van der Waals surface area contributed by atoms with Crippen LogP contribution in [0.4, 0.5) is 5.82 Å². The van der Waals surface area contributed by atoms with Crippen molar-refractivity contribution in [2.24, 2.45) is 5.41 Å². The molecule has 3 aliphatic rings. The lowest BCUT2D eigenvalue weighted by Crippen LogP contribution is -2.63. The number of hydrogen-bond acceptors (Lipinski definition) is 6. The standard InChI is InChI=1S/C32H44ClN7O2/c1-8-25(41)38-18-32(19-38)13-22(14-32)40-21(4)26(27-23-15-34-35-24(23)12-20(3)28(27)33)29(36-40)39-11-10-37(16-30(5,6)42)17-31(39,7)9-2/h8,12,15,22,42H,1,9-11,13-14,16-19H2,2-7H3,(H,34,35)/t31-/m0/s1. The molecule has 0 unspecified atom stereocenters. The van der Waals surface area contributed by atoms with E-state index in [0.717, 1.165) is 96.1 Å². The van der Waals surface area contributed by atoms with Gasteiger partial charge in [0.05, 0.1) is 33.9 Å². The lowest BCUT2D eigenvalue weighted by atomic mass is 9.60. The number of H-pyrrole nitrogens is 1. The van der Waals surface area contributed by atoms with E-state index in [2.05, 4.69) is 58.1 Å². The molecule has 1 amide bonds. The molecule has 42 heavy (non-hydrogen) atoms. The van der Waals surface area contributed by atoms with Gasteiger partial charge in [0.25, 0.3) is 0 Å². The maximum absolute atomic E-state index is 12.1. The molecular weight excluding hydrogens is 550 g/mol. The molecule has 9 nitrogen and oxygen atoms in total. The van der Waals surface area contributed by atoms with Crippen LogP contribution in [-0.2, 0) is 4.79 Å². The van der Waals surface area contributed by atoms with E-state index < -0.39 is 5.60 Å². The van der Waals surface area contributed by atoms with Gasteiger partial charge in [-0.15, -0.1) is 0 Å². The first-order chi connectivity index (χ1) is 19.8. The molecule has 2 N–H and O–H groups in total. The number of amides is 1. The summed E-state index contributed by atoms with van der Waals surface area (Å²) in [6, 6.07) is 2.33. The van der Waals surface area contributed by atoms with Crippen molar-refractivity contribution in [2.75, 3.05) is 44.2 Å². The van der Waals surface area contributed by atoms with Crippen LogP contribution in [0, 0.1) is 19.3 Å². The molecule has 1 aliphatic carbocycles. The molecular formula is C32H44ClN7O2. The second-order valence-electron chi connectivity index (χ2n) is 13.9. The summed E-state index contributed by atoms with van der Waals surface area (Å²) in [5, 5.41) is 25.2. The SMILES string of the molecule is C=CC(=O)N1CC2(CC(n3nc(N4CCN(CC(C)(C)O)C[C@]4(C)CC)c(-c4c(Cl)c(C)cc5[nH]ncc45)c3C)C2)C1. The van der Waals surface area contributed by atoms with Crippen LogP contribution in [0.3, 0.4) is 0 Å². The molecule has 10 heteroatoms. The first kappa shape index (κ1) is 29.2. The highest BCUT2D eigenvalue weighted by atomic mass is 35.5. The van der Waals surface area contributed by atoms with E-state index in [9.17, 15) is 9.90 Å². The molecule has 3 fully saturated rings. The molecule has 4 heterocycles. The molecule has 2 aromatic heterocycles. The number of aromatic amines is 1. The zero-order valence-electron chi connectivity index (χ0n) is 25.8. The van der Waals surface area contributed by atoms with Crippen molar-refractivity contribution in [2.45, 2.75) is 78.0 Å². The predicted octanol–water partition coefficient (Wildman–Crippen LogP) is 5.11. The molecule has 1 aromatic carbocycles. The Hall–Kier alpha value is -2.88. The number of nitrogens with one attached hydrogen (secondary N) is 1. The fourth-order valence-corrected chi connectivity index (χ4v) is 7.96. The number of likely N-dealkylation sites (tertiary alicyclic amines) is 1. The lowest BCUT2D eigenvalue weighted by molar-refractivity contribution is -0.149. The Morgan fingerprint density at radius 1 is 1.24 bits per heavy atom. The lowest BCUT2D eigenvalue weighted by Gasteiger charge is -2.58. The minimum atomic E-state index is -0.754. The summed E-state index contributed by atoms with van der Waals surface area (Å²) in [6.07, 6.45) is 6.22. The molecule has 0 radical (unpaired) electrons. The third-order valence-electron chi connectivity index (χ3n) is 9.95. The summed E-state index contributed by atoms with van der Waals surface area (Å²) >= 11 is 7.14. The number of hydrogen-bond donors (Lipinski definition) is 2. The van der Waals surface area contributed by atoms with Crippen molar-refractivity contribution in [3.8, 4) is 11.1 Å². The van der Waals surface area contributed by atoms with Gasteiger partial charge in [0.1, 0.15) is 0 Å². The number of anilines is 1. The summed E-state index contributed by atoms with van der Waals surface area (Å²) in [6.45, 7) is 20.9. The highest BCUT2D eigenvalue weighted by Gasteiger charge is 2.55. The molecule has 1 atom stereocenters. The number of fused-ring (bicyclic) bond motifs is 1. The van der Waals surface area contributed by atoms with Gasteiger partial charge in [0, 0.05) is 66.9 Å². The van der Waals surface area contributed by atoms with Crippen LogP contribution in [0.5, 0.6) is 0 Å². The van der Waals surface area contributed by atoms with Crippen LogP contribution in [-0.4, -0.2) is 91.2 Å². The summed E-state index contributed by atoms with van der Waals surface area (Å²) in [5.41, 5.74) is 4.37. The minimum absolute atomic E-state index is 0.0183. The highest BCUT2D eigenvalue weighted by Crippen LogP contribution is 2.56. The van der Waals surface area contributed by atoms with Crippen molar-refractivity contribution in [3.63, 3.8) is 0 Å². The van der Waals surface area contributed by atoms with E-state index in [1.165, 1.54) is 6.08 Å². The van der Waals surface area contributed by atoms with Gasteiger partial charge in [-0.1, -0.05) is 25.1 Å². The Labute approximate surface area is 253 Å². The summed E-state index contributed by atoms with van der Waals surface area (Å²) in [4.78, 5) is 18.8. The highest BCUT2D eigenvalue weighted by molar-refractivity contribution is 6.36. The van der Waals surface area contributed by atoms with E-state index in [1.807, 2.05) is 31.9 Å². The Balaban J connectivity index is 1.42. The van der Waals surface area contributed by atoms with Crippen LogP contribution >= 0.6 is 11.6 Å². The Morgan fingerprint density at radius 2 is 1.95 bits per heavy atom. The Morgan fingerprint density at radius 3 is 2.60 bits per heavy atom. The van der Waals surface area contributed by atoms with Crippen molar-refractivity contribution in [1.82, 2.24) is 29.8 Å². The number of β-amino-alcohol motifs (C(OH)–C–C–N with tert-alkyl or cyclic N) is 1. The average Bonchev–Trinajstić information content (AvgIpc) is 3.46. The minimum Gasteiger partial charge on any atom is -0.389 e. The van der Waals surface area contributed by atoms with Crippen molar-refractivity contribution in [1.29, 1.82) is 0 Å². The smallest absolute Gasteiger partial charge is 0.245 e. The second kappa shape index (κ2) is 10.1.